The van der Waals surface area contributed by atoms with Crippen LogP contribution in [0, 0.1) is 5.92 Å². The molecule has 106 valence electrons. The Morgan fingerprint density at radius 1 is 1.39 bits per heavy atom. The molecule has 1 heterocycles. The van der Waals surface area contributed by atoms with Gasteiger partial charge in [-0.05, 0) is 72.5 Å². The normalized spacial score (nSPS) is 20.7. The lowest BCUT2D eigenvalue weighted by molar-refractivity contribution is -0.127. The van der Waals surface area contributed by atoms with Crippen LogP contribution >= 0.6 is 0 Å². The van der Waals surface area contributed by atoms with Crippen LogP contribution in [0.25, 0.3) is 0 Å². The molecule has 1 fully saturated rings. The summed E-state index contributed by atoms with van der Waals surface area (Å²) in [6, 6.07) is -0.0250. The summed E-state index contributed by atoms with van der Waals surface area (Å²) >= 11 is 0. The highest BCUT2D eigenvalue weighted by Gasteiger charge is 2.27. The van der Waals surface area contributed by atoms with Crippen molar-refractivity contribution in [3.63, 3.8) is 0 Å². The van der Waals surface area contributed by atoms with Gasteiger partial charge in [-0.2, -0.15) is 0 Å². The molecule has 0 saturated carbocycles. The molecule has 0 aromatic rings. The predicted molar refractivity (Wildman–Crippen MR) is 75.3 cm³/mol. The number of likely N-dealkylation sites (tertiary alicyclic amines) is 1. The first-order valence-electron chi connectivity index (χ1n) is 7.09. The molecule has 1 saturated heterocycles. The first kappa shape index (κ1) is 15.4. The fourth-order valence-corrected chi connectivity index (χ4v) is 2.50. The van der Waals surface area contributed by atoms with Crippen LogP contribution in [0.3, 0.4) is 0 Å². The van der Waals surface area contributed by atoms with E-state index in [2.05, 4.69) is 10.2 Å². The quantitative estimate of drug-likeness (QED) is 0.797. The van der Waals surface area contributed by atoms with E-state index >= 15 is 0 Å². The van der Waals surface area contributed by atoms with Crippen LogP contribution < -0.4 is 11.1 Å². The second-order valence-corrected chi connectivity index (χ2v) is 6.47. The molecule has 1 aliphatic rings. The Bertz CT molecular complexity index is 265. The van der Waals surface area contributed by atoms with E-state index < -0.39 is 0 Å². The molecule has 0 aliphatic carbocycles. The van der Waals surface area contributed by atoms with Gasteiger partial charge < -0.3 is 11.1 Å². The van der Waals surface area contributed by atoms with E-state index in [-0.39, 0.29) is 17.5 Å². The molecule has 4 heteroatoms. The van der Waals surface area contributed by atoms with E-state index in [1.54, 1.807) is 0 Å². The number of nitrogens with one attached hydrogen (secondary N) is 1. The molecule has 0 aromatic carbocycles. The highest BCUT2D eigenvalue weighted by atomic mass is 16.2. The molecule has 1 amide bonds. The van der Waals surface area contributed by atoms with E-state index in [0.29, 0.717) is 0 Å². The molecular weight excluding hydrogens is 226 g/mol. The van der Waals surface area contributed by atoms with Crippen molar-refractivity contribution in [2.45, 2.75) is 58.5 Å². The summed E-state index contributed by atoms with van der Waals surface area (Å²) in [5, 5.41) is 3.05. The third-order valence-electron chi connectivity index (χ3n) is 3.65. The van der Waals surface area contributed by atoms with Gasteiger partial charge in [0.05, 0.1) is 6.04 Å². The fraction of sp³-hybridized carbons (Fsp3) is 0.929. The average Bonchev–Trinajstić information content (AvgIpc) is 2.27. The average molecular weight is 255 g/mol. The summed E-state index contributed by atoms with van der Waals surface area (Å²) < 4.78 is 0. The van der Waals surface area contributed by atoms with Gasteiger partial charge in [0, 0.05) is 5.54 Å². The maximum Gasteiger partial charge on any atom is 0.237 e. The maximum absolute atomic E-state index is 12.1. The Labute approximate surface area is 111 Å². The summed E-state index contributed by atoms with van der Waals surface area (Å²) in [5.41, 5.74) is 5.44. The number of nitrogens with two attached hydrogens (primary N) is 1. The number of hydrogen-bond acceptors (Lipinski definition) is 3. The van der Waals surface area contributed by atoms with Crippen molar-refractivity contribution in [1.82, 2.24) is 10.2 Å². The lowest BCUT2D eigenvalue weighted by atomic mass is 9.93. The van der Waals surface area contributed by atoms with Crippen LogP contribution in [-0.4, -0.2) is 42.0 Å². The van der Waals surface area contributed by atoms with E-state index in [4.69, 9.17) is 5.73 Å². The van der Waals surface area contributed by atoms with Crippen LogP contribution in [0.15, 0.2) is 0 Å². The molecule has 4 nitrogen and oxygen atoms in total. The Kier molecular flexibility index (Phi) is 5.60. The minimum atomic E-state index is -0.150. The second-order valence-electron chi connectivity index (χ2n) is 6.47. The SMILES string of the molecule is CC(C(=O)NC(C)(C)C)N1CCC(CCN)CC1. The van der Waals surface area contributed by atoms with Gasteiger partial charge in [-0.1, -0.05) is 0 Å². The number of carbonyl (C=O) groups is 1. The van der Waals surface area contributed by atoms with Gasteiger partial charge in [-0.25, -0.2) is 0 Å². The molecular formula is C14H29N3O. The standard InChI is InChI=1S/C14H29N3O/c1-11(13(18)16-14(2,3)4)17-9-6-12(5-8-15)7-10-17/h11-12H,5-10,15H2,1-4H3,(H,16,18). The molecule has 1 rings (SSSR count). The molecule has 0 spiro atoms. The Morgan fingerprint density at radius 3 is 2.39 bits per heavy atom. The van der Waals surface area contributed by atoms with Crippen LogP contribution in [0.4, 0.5) is 0 Å². The third kappa shape index (κ3) is 4.94. The topological polar surface area (TPSA) is 58.4 Å². The van der Waals surface area contributed by atoms with Gasteiger partial charge in [0.2, 0.25) is 5.91 Å². The Morgan fingerprint density at radius 2 is 1.94 bits per heavy atom. The van der Waals surface area contributed by atoms with Gasteiger partial charge in [0.1, 0.15) is 0 Å². The molecule has 1 aliphatic heterocycles. The van der Waals surface area contributed by atoms with E-state index in [9.17, 15) is 4.79 Å². The van der Waals surface area contributed by atoms with Crippen molar-refractivity contribution in [3.05, 3.63) is 0 Å². The number of nitrogens with zero attached hydrogens (tertiary/aromatic N) is 1. The number of hydrogen-bond donors (Lipinski definition) is 2. The summed E-state index contributed by atoms with van der Waals surface area (Å²) in [6.07, 6.45) is 3.46. The maximum atomic E-state index is 12.1. The van der Waals surface area contributed by atoms with Crippen LogP contribution in [0.2, 0.25) is 0 Å². The third-order valence-corrected chi connectivity index (χ3v) is 3.65. The molecule has 3 N–H and O–H groups in total. The molecule has 1 atom stereocenters. The molecule has 18 heavy (non-hydrogen) atoms. The number of carbonyl (C=O) groups excluding carboxylic acids is 1. The first-order valence-corrected chi connectivity index (χ1v) is 7.09. The second kappa shape index (κ2) is 6.53. The number of rotatable bonds is 4. The minimum Gasteiger partial charge on any atom is -0.350 e. The zero-order chi connectivity index (χ0) is 13.8. The minimum absolute atomic E-state index is 0.0250. The molecule has 0 bridgehead atoms. The number of amides is 1. The summed E-state index contributed by atoms with van der Waals surface area (Å²) in [7, 11) is 0. The lowest BCUT2D eigenvalue weighted by Crippen LogP contribution is -2.52. The van der Waals surface area contributed by atoms with E-state index in [1.807, 2.05) is 27.7 Å². The summed E-state index contributed by atoms with van der Waals surface area (Å²) in [4.78, 5) is 14.4. The monoisotopic (exact) mass is 255 g/mol. The van der Waals surface area contributed by atoms with Gasteiger partial charge in [-0.3, -0.25) is 9.69 Å². The summed E-state index contributed by atoms with van der Waals surface area (Å²) in [6.45, 7) is 10.9. The molecule has 0 radical (unpaired) electrons. The highest BCUT2D eigenvalue weighted by molar-refractivity contribution is 5.81. The van der Waals surface area contributed by atoms with Crippen molar-refractivity contribution in [1.29, 1.82) is 0 Å². The number of piperidine rings is 1. The van der Waals surface area contributed by atoms with Gasteiger partial charge >= 0.3 is 0 Å². The van der Waals surface area contributed by atoms with E-state index in [1.165, 1.54) is 12.8 Å². The van der Waals surface area contributed by atoms with Crippen LogP contribution in [0.5, 0.6) is 0 Å². The first-order chi connectivity index (χ1) is 8.33. The molecule has 0 aromatic heterocycles. The van der Waals surface area contributed by atoms with Gasteiger partial charge in [-0.15, -0.1) is 0 Å². The smallest absolute Gasteiger partial charge is 0.237 e. The fourth-order valence-electron chi connectivity index (χ4n) is 2.50. The largest absolute Gasteiger partial charge is 0.350 e. The van der Waals surface area contributed by atoms with Crippen molar-refractivity contribution < 1.29 is 4.79 Å². The van der Waals surface area contributed by atoms with Crippen molar-refractivity contribution in [3.8, 4) is 0 Å². The van der Waals surface area contributed by atoms with Crippen LogP contribution in [-0.2, 0) is 4.79 Å². The summed E-state index contributed by atoms with van der Waals surface area (Å²) in [5.74, 6) is 0.893. The Balaban J connectivity index is 2.40. The van der Waals surface area contributed by atoms with Crippen molar-refractivity contribution in [2.75, 3.05) is 19.6 Å². The van der Waals surface area contributed by atoms with Crippen LogP contribution in [0.1, 0.15) is 47.0 Å². The van der Waals surface area contributed by atoms with Gasteiger partial charge in [0.25, 0.3) is 0 Å². The lowest BCUT2D eigenvalue weighted by Gasteiger charge is -2.36. The van der Waals surface area contributed by atoms with Crippen molar-refractivity contribution in [2.24, 2.45) is 11.7 Å². The van der Waals surface area contributed by atoms with Gasteiger partial charge in [0.15, 0.2) is 0 Å². The Hall–Kier alpha value is -0.610. The predicted octanol–water partition coefficient (Wildman–Crippen LogP) is 1.35. The zero-order valence-electron chi connectivity index (χ0n) is 12.3. The molecule has 1 unspecified atom stereocenters. The van der Waals surface area contributed by atoms with Crippen molar-refractivity contribution >= 4 is 5.91 Å². The van der Waals surface area contributed by atoms with E-state index in [0.717, 1.165) is 32.0 Å². The zero-order valence-corrected chi connectivity index (χ0v) is 12.3. The highest BCUT2D eigenvalue weighted by Crippen LogP contribution is 2.21.